The molecule has 88 valence electrons. The van der Waals surface area contributed by atoms with E-state index in [1.165, 1.54) is 12.8 Å². The van der Waals surface area contributed by atoms with Crippen molar-refractivity contribution in [3.63, 3.8) is 0 Å². The molecule has 0 atom stereocenters. The molecule has 1 aliphatic carbocycles. The lowest BCUT2D eigenvalue weighted by molar-refractivity contribution is 0.0896. The van der Waals surface area contributed by atoms with Crippen molar-refractivity contribution in [2.75, 3.05) is 0 Å². The van der Waals surface area contributed by atoms with Crippen LogP contribution in [0.1, 0.15) is 41.8 Å². The van der Waals surface area contributed by atoms with Crippen molar-refractivity contribution in [3.05, 3.63) is 35.6 Å². The fourth-order valence-electron chi connectivity index (χ4n) is 2.78. The Hall–Kier alpha value is -1.57. The standard InChI is InChI=1S/C15H16O2/c1-10-12-8-4-5-9-13(12)17-15(10)14(16)11-6-2-3-7-11/h4-5,8-9,11H,2-3,6-7H2,1H3. The van der Waals surface area contributed by atoms with Gasteiger partial charge < -0.3 is 4.42 Å². The normalized spacial score (nSPS) is 16.8. The monoisotopic (exact) mass is 228 g/mol. The molecule has 0 bridgehead atoms. The Labute approximate surface area is 101 Å². The van der Waals surface area contributed by atoms with Crippen LogP contribution in [0, 0.1) is 12.8 Å². The van der Waals surface area contributed by atoms with Gasteiger partial charge in [-0.15, -0.1) is 0 Å². The van der Waals surface area contributed by atoms with E-state index in [2.05, 4.69) is 0 Å². The van der Waals surface area contributed by atoms with Gasteiger partial charge >= 0.3 is 0 Å². The summed E-state index contributed by atoms with van der Waals surface area (Å²) in [5.74, 6) is 0.976. The molecule has 0 amide bonds. The van der Waals surface area contributed by atoms with Gasteiger partial charge in [-0.3, -0.25) is 4.79 Å². The molecule has 17 heavy (non-hydrogen) atoms. The van der Waals surface area contributed by atoms with E-state index in [0.29, 0.717) is 5.76 Å². The minimum Gasteiger partial charge on any atom is -0.453 e. The van der Waals surface area contributed by atoms with Crippen molar-refractivity contribution in [1.82, 2.24) is 0 Å². The lowest BCUT2D eigenvalue weighted by Gasteiger charge is -2.05. The van der Waals surface area contributed by atoms with Gasteiger partial charge in [0.05, 0.1) is 0 Å². The van der Waals surface area contributed by atoms with Crippen molar-refractivity contribution >= 4 is 16.8 Å². The summed E-state index contributed by atoms with van der Waals surface area (Å²) in [6.45, 7) is 1.98. The van der Waals surface area contributed by atoms with Crippen molar-refractivity contribution in [3.8, 4) is 0 Å². The summed E-state index contributed by atoms with van der Waals surface area (Å²) in [5, 5.41) is 1.06. The fraction of sp³-hybridized carbons (Fsp3) is 0.400. The second-order valence-corrected chi connectivity index (χ2v) is 4.90. The highest BCUT2D eigenvalue weighted by atomic mass is 16.3. The Morgan fingerprint density at radius 1 is 1.24 bits per heavy atom. The predicted octanol–water partition coefficient (Wildman–Crippen LogP) is 4.11. The Morgan fingerprint density at radius 2 is 1.94 bits per heavy atom. The van der Waals surface area contributed by atoms with Crippen LogP contribution in [0.15, 0.2) is 28.7 Å². The van der Waals surface area contributed by atoms with Gasteiger partial charge in [-0.05, 0) is 25.8 Å². The molecule has 0 saturated heterocycles. The molecule has 1 aromatic carbocycles. The first-order chi connectivity index (χ1) is 8.27. The van der Waals surface area contributed by atoms with Gasteiger partial charge in [-0.2, -0.15) is 0 Å². The highest BCUT2D eigenvalue weighted by Gasteiger charge is 2.28. The van der Waals surface area contributed by atoms with E-state index in [9.17, 15) is 4.79 Å². The second-order valence-electron chi connectivity index (χ2n) is 4.90. The van der Waals surface area contributed by atoms with Crippen LogP contribution in [0.4, 0.5) is 0 Å². The third-order valence-corrected chi connectivity index (χ3v) is 3.79. The number of aryl methyl sites for hydroxylation is 1. The largest absolute Gasteiger partial charge is 0.453 e. The van der Waals surface area contributed by atoms with E-state index in [4.69, 9.17) is 4.42 Å². The first-order valence-electron chi connectivity index (χ1n) is 6.29. The molecule has 1 fully saturated rings. The second kappa shape index (κ2) is 4.02. The Balaban J connectivity index is 2.05. The molecule has 1 aromatic heterocycles. The number of carbonyl (C=O) groups excluding carboxylic acids is 1. The first kappa shape index (κ1) is 10.6. The van der Waals surface area contributed by atoms with Gasteiger partial charge in [0, 0.05) is 16.9 Å². The van der Waals surface area contributed by atoms with Crippen molar-refractivity contribution in [1.29, 1.82) is 0 Å². The molecular weight excluding hydrogens is 212 g/mol. The number of hydrogen-bond donors (Lipinski definition) is 0. The van der Waals surface area contributed by atoms with Crippen LogP contribution in [-0.2, 0) is 0 Å². The topological polar surface area (TPSA) is 30.2 Å². The SMILES string of the molecule is Cc1c(C(=O)C2CCCC2)oc2ccccc12. The highest BCUT2D eigenvalue weighted by Crippen LogP contribution is 2.32. The zero-order chi connectivity index (χ0) is 11.8. The first-order valence-corrected chi connectivity index (χ1v) is 6.29. The van der Waals surface area contributed by atoms with Gasteiger partial charge in [-0.25, -0.2) is 0 Å². The molecule has 0 N–H and O–H groups in total. The average Bonchev–Trinajstić information content (AvgIpc) is 2.97. The van der Waals surface area contributed by atoms with E-state index < -0.39 is 0 Å². The van der Waals surface area contributed by atoms with Crippen LogP contribution in [0.2, 0.25) is 0 Å². The number of para-hydroxylation sites is 1. The van der Waals surface area contributed by atoms with Gasteiger partial charge in [0.15, 0.2) is 5.76 Å². The summed E-state index contributed by atoms with van der Waals surface area (Å²) < 4.78 is 5.72. The average molecular weight is 228 g/mol. The maximum Gasteiger partial charge on any atom is 0.201 e. The molecule has 0 unspecified atom stereocenters. The third-order valence-electron chi connectivity index (χ3n) is 3.79. The maximum absolute atomic E-state index is 12.3. The van der Waals surface area contributed by atoms with Gasteiger partial charge in [0.1, 0.15) is 5.58 Å². The summed E-state index contributed by atoms with van der Waals surface area (Å²) in [6.07, 6.45) is 4.40. The summed E-state index contributed by atoms with van der Waals surface area (Å²) in [4.78, 5) is 12.3. The van der Waals surface area contributed by atoms with Gasteiger partial charge in [0.2, 0.25) is 5.78 Å². The lowest BCUT2D eigenvalue weighted by atomic mass is 9.98. The van der Waals surface area contributed by atoms with E-state index >= 15 is 0 Å². The molecule has 0 aliphatic heterocycles. The Morgan fingerprint density at radius 3 is 2.65 bits per heavy atom. The minimum atomic E-state index is 0.189. The molecule has 2 aromatic rings. The number of Topliss-reactive ketones (excluding diaryl/α,β-unsaturated/α-hetero) is 1. The van der Waals surface area contributed by atoms with Crippen LogP contribution in [0.25, 0.3) is 11.0 Å². The van der Waals surface area contributed by atoms with Crippen molar-refractivity contribution < 1.29 is 9.21 Å². The number of benzene rings is 1. The Kier molecular flexibility index (Phi) is 2.50. The van der Waals surface area contributed by atoms with E-state index in [-0.39, 0.29) is 11.7 Å². The number of fused-ring (bicyclic) bond motifs is 1. The molecule has 0 radical (unpaired) electrons. The molecule has 2 nitrogen and oxygen atoms in total. The maximum atomic E-state index is 12.3. The van der Waals surface area contributed by atoms with E-state index in [0.717, 1.165) is 29.4 Å². The zero-order valence-electron chi connectivity index (χ0n) is 10.0. The fourth-order valence-corrected chi connectivity index (χ4v) is 2.78. The van der Waals surface area contributed by atoms with Crippen molar-refractivity contribution in [2.24, 2.45) is 5.92 Å². The molecule has 1 heterocycles. The summed E-state index contributed by atoms with van der Waals surface area (Å²) in [5.41, 5.74) is 1.82. The number of carbonyl (C=O) groups is 1. The third kappa shape index (κ3) is 1.68. The minimum absolute atomic E-state index is 0.189. The molecular formula is C15H16O2. The van der Waals surface area contributed by atoms with Crippen molar-refractivity contribution in [2.45, 2.75) is 32.6 Å². The molecule has 0 spiro atoms. The number of ketones is 1. The predicted molar refractivity (Wildman–Crippen MR) is 67.2 cm³/mol. The smallest absolute Gasteiger partial charge is 0.201 e. The molecule has 1 aliphatic rings. The molecule has 3 rings (SSSR count). The number of hydrogen-bond acceptors (Lipinski definition) is 2. The van der Waals surface area contributed by atoms with Crippen LogP contribution >= 0.6 is 0 Å². The van der Waals surface area contributed by atoms with E-state index in [1.807, 2.05) is 31.2 Å². The van der Waals surface area contributed by atoms with Crippen LogP contribution in [0.3, 0.4) is 0 Å². The highest BCUT2D eigenvalue weighted by molar-refractivity contribution is 6.01. The lowest BCUT2D eigenvalue weighted by Crippen LogP contribution is -2.11. The number of rotatable bonds is 2. The molecule has 2 heteroatoms. The Bertz CT molecular complexity index is 559. The zero-order valence-corrected chi connectivity index (χ0v) is 10.0. The van der Waals surface area contributed by atoms with Gasteiger partial charge in [0.25, 0.3) is 0 Å². The summed E-state index contributed by atoms with van der Waals surface area (Å²) in [7, 11) is 0. The van der Waals surface area contributed by atoms with Crippen LogP contribution in [0.5, 0.6) is 0 Å². The van der Waals surface area contributed by atoms with Crippen LogP contribution in [-0.4, -0.2) is 5.78 Å². The van der Waals surface area contributed by atoms with E-state index in [1.54, 1.807) is 0 Å². The van der Waals surface area contributed by atoms with Gasteiger partial charge in [-0.1, -0.05) is 31.0 Å². The number of furan rings is 1. The summed E-state index contributed by atoms with van der Waals surface area (Å²) in [6, 6.07) is 7.86. The quantitative estimate of drug-likeness (QED) is 0.724. The summed E-state index contributed by atoms with van der Waals surface area (Å²) >= 11 is 0. The van der Waals surface area contributed by atoms with Crippen LogP contribution < -0.4 is 0 Å². The molecule has 1 saturated carbocycles.